The zero-order chi connectivity index (χ0) is 14.9. The molecule has 1 fully saturated rings. The predicted molar refractivity (Wildman–Crippen MR) is 81.9 cm³/mol. The van der Waals surface area contributed by atoms with Gasteiger partial charge in [-0.05, 0) is 36.8 Å². The lowest BCUT2D eigenvalue weighted by molar-refractivity contribution is -0.124. The summed E-state index contributed by atoms with van der Waals surface area (Å²) in [4.78, 5) is 12.1. The van der Waals surface area contributed by atoms with Crippen molar-refractivity contribution in [3.8, 4) is 0 Å². The fourth-order valence-electron chi connectivity index (χ4n) is 3.44. The second-order valence-electron chi connectivity index (χ2n) is 6.13. The van der Waals surface area contributed by atoms with Gasteiger partial charge in [-0.3, -0.25) is 4.79 Å². The lowest BCUT2D eigenvalue weighted by Crippen LogP contribution is -2.35. The molecule has 0 aromatic heterocycles. The van der Waals surface area contributed by atoms with Crippen LogP contribution in [0.4, 0.5) is 0 Å². The molecule has 1 aliphatic carbocycles. The minimum Gasteiger partial charge on any atom is -0.355 e. The van der Waals surface area contributed by atoms with Crippen LogP contribution in [0, 0.1) is 5.92 Å². The van der Waals surface area contributed by atoms with E-state index in [1.54, 1.807) is 0 Å². The number of sulfone groups is 1. The predicted octanol–water partition coefficient (Wildman–Crippen LogP) is 1.66. The molecule has 1 N–H and O–H groups in total. The number of carbonyl (C=O) groups excluding carboxylic acids is 1. The van der Waals surface area contributed by atoms with E-state index in [1.807, 2.05) is 6.07 Å². The van der Waals surface area contributed by atoms with Gasteiger partial charge in [-0.2, -0.15) is 0 Å². The summed E-state index contributed by atoms with van der Waals surface area (Å²) in [5.74, 6) is 0.0714. The number of aryl methyl sites for hydroxylation is 1. The fraction of sp³-hybridized carbons (Fsp3) is 0.562. The van der Waals surface area contributed by atoms with Gasteiger partial charge in [0.05, 0.1) is 17.4 Å². The van der Waals surface area contributed by atoms with Gasteiger partial charge in [0.25, 0.3) is 0 Å². The van der Waals surface area contributed by atoms with E-state index in [2.05, 4.69) is 23.5 Å². The summed E-state index contributed by atoms with van der Waals surface area (Å²) in [6.07, 6.45) is 3.81. The second-order valence-corrected chi connectivity index (χ2v) is 8.36. The van der Waals surface area contributed by atoms with Crippen molar-refractivity contribution < 1.29 is 13.2 Å². The Labute approximate surface area is 125 Å². The molecule has 1 heterocycles. The van der Waals surface area contributed by atoms with Crippen LogP contribution in [0.1, 0.15) is 36.3 Å². The van der Waals surface area contributed by atoms with Crippen LogP contribution < -0.4 is 5.32 Å². The molecule has 4 nitrogen and oxygen atoms in total. The van der Waals surface area contributed by atoms with Crippen molar-refractivity contribution in [2.75, 3.05) is 18.1 Å². The number of amides is 1. The Kier molecular flexibility index (Phi) is 4.02. The topological polar surface area (TPSA) is 63.2 Å². The number of hydrogen-bond donors (Lipinski definition) is 1. The molecule has 1 amide bonds. The van der Waals surface area contributed by atoms with Gasteiger partial charge < -0.3 is 5.32 Å². The number of hydrogen-bond acceptors (Lipinski definition) is 3. The molecule has 3 rings (SSSR count). The highest BCUT2D eigenvalue weighted by Gasteiger charge is 2.33. The molecule has 5 heteroatoms. The first-order valence-corrected chi connectivity index (χ1v) is 9.43. The molecule has 114 valence electrons. The maximum atomic E-state index is 12.1. The summed E-state index contributed by atoms with van der Waals surface area (Å²) in [6.45, 7) is 0.617. The fourth-order valence-corrected chi connectivity index (χ4v) is 5.18. The normalized spacial score (nSPS) is 27.0. The minimum absolute atomic E-state index is 0.0140. The maximum Gasteiger partial charge on any atom is 0.224 e. The van der Waals surface area contributed by atoms with Crippen LogP contribution in [-0.2, 0) is 21.1 Å². The Hall–Kier alpha value is -1.36. The van der Waals surface area contributed by atoms with Crippen LogP contribution >= 0.6 is 0 Å². The van der Waals surface area contributed by atoms with Crippen molar-refractivity contribution in [1.82, 2.24) is 5.32 Å². The molecular formula is C16H21NO3S. The third-order valence-corrected chi connectivity index (χ3v) is 6.39. The quantitative estimate of drug-likeness (QED) is 0.923. The molecule has 0 saturated carbocycles. The van der Waals surface area contributed by atoms with Crippen molar-refractivity contribution in [1.29, 1.82) is 0 Å². The van der Waals surface area contributed by atoms with Crippen molar-refractivity contribution in [3.05, 3.63) is 35.4 Å². The third kappa shape index (κ3) is 3.28. The summed E-state index contributed by atoms with van der Waals surface area (Å²) in [6, 6.07) is 8.41. The van der Waals surface area contributed by atoms with Crippen molar-refractivity contribution >= 4 is 15.7 Å². The van der Waals surface area contributed by atoms with E-state index >= 15 is 0 Å². The average Bonchev–Trinajstić information content (AvgIpc) is 2.85. The number of rotatable bonds is 3. The van der Waals surface area contributed by atoms with E-state index in [4.69, 9.17) is 0 Å². The number of carbonyl (C=O) groups is 1. The van der Waals surface area contributed by atoms with Gasteiger partial charge >= 0.3 is 0 Å². The smallest absolute Gasteiger partial charge is 0.224 e. The first kappa shape index (κ1) is 14.6. The van der Waals surface area contributed by atoms with Crippen molar-refractivity contribution in [2.45, 2.75) is 31.6 Å². The Morgan fingerprint density at radius 1 is 1.24 bits per heavy atom. The average molecular weight is 307 g/mol. The molecular weight excluding hydrogens is 286 g/mol. The first-order chi connectivity index (χ1) is 10.1. The second kappa shape index (κ2) is 5.79. The highest BCUT2D eigenvalue weighted by atomic mass is 32.2. The Morgan fingerprint density at radius 3 is 2.81 bits per heavy atom. The summed E-state index contributed by atoms with van der Waals surface area (Å²) in [5, 5.41) is 2.97. The number of fused-ring (bicyclic) bond motifs is 1. The third-order valence-electron chi connectivity index (χ3n) is 4.62. The molecule has 1 aromatic rings. The van der Waals surface area contributed by atoms with Crippen LogP contribution in [0.3, 0.4) is 0 Å². The van der Waals surface area contributed by atoms with Gasteiger partial charge in [0.2, 0.25) is 5.91 Å². The monoisotopic (exact) mass is 307 g/mol. The van der Waals surface area contributed by atoms with Gasteiger partial charge in [0.15, 0.2) is 9.84 Å². The summed E-state index contributed by atoms with van der Waals surface area (Å²) in [5.41, 5.74) is 2.72. The number of benzene rings is 1. The molecule has 0 bridgehead atoms. The molecule has 1 aromatic carbocycles. The summed E-state index contributed by atoms with van der Waals surface area (Å²) in [7, 11) is -2.99. The van der Waals surface area contributed by atoms with Crippen LogP contribution in [0.2, 0.25) is 0 Å². The molecule has 2 atom stereocenters. The summed E-state index contributed by atoms with van der Waals surface area (Å²) < 4.78 is 22.9. The van der Waals surface area contributed by atoms with Gasteiger partial charge in [0.1, 0.15) is 0 Å². The molecule has 0 spiro atoms. The zero-order valence-corrected chi connectivity index (χ0v) is 12.9. The molecule has 1 aliphatic heterocycles. The highest BCUT2D eigenvalue weighted by molar-refractivity contribution is 7.91. The van der Waals surface area contributed by atoms with Crippen LogP contribution in [-0.4, -0.2) is 32.4 Å². The minimum atomic E-state index is -2.99. The highest BCUT2D eigenvalue weighted by Crippen LogP contribution is 2.31. The summed E-state index contributed by atoms with van der Waals surface area (Å²) >= 11 is 0. The SMILES string of the molecule is O=C(NC[C@@H]1CCCc2ccccc21)[C@H]1CCS(=O)(=O)C1. The van der Waals surface area contributed by atoms with E-state index in [0.717, 1.165) is 19.3 Å². The molecule has 0 radical (unpaired) electrons. The van der Waals surface area contributed by atoms with Crippen LogP contribution in [0.25, 0.3) is 0 Å². The maximum absolute atomic E-state index is 12.1. The van der Waals surface area contributed by atoms with Gasteiger partial charge in [-0.25, -0.2) is 8.42 Å². The van der Waals surface area contributed by atoms with Crippen LogP contribution in [0.15, 0.2) is 24.3 Å². The first-order valence-electron chi connectivity index (χ1n) is 7.61. The van der Waals surface area contributed by atoms with E-state index < -0.39 is 9.84 Å². The Bertz CT molecular complexity index is 639. The standard InChI is InChI=1S/C16H21NO3S/c18-16(14-8-9-21(19,20)11-14)17-10-13-6-3-5-12-4-1-2-7-15(12)13/h1-2,4,7,13-14H,3,5-6,8-11H2,(H,17,18)/t13-,14-/m0/s1. The lowest BCUT2D eigenvalue weighted by Gasteiger charge is -2.26. The van der Waals surface area contributed by atoms with Gasteiger partial charge in [-0.1, -0.05) is 24.3 Å². The van der Waals surface area contributed by atoms with Gasteiger partial charge in [0, 0.05) is 12.5 Å². The Balaban J connectivity index is 1.60. The van der Waals surface area contributed by atoms with E-state index in [1.165, 1.54) is 11.1 Å². The largest absolute Gasteiger partial charge is 0.355 e. The lowest BCUT2D eigenvalue weighted by atomic mass is 9.83. The Morgan fingerprint density at radius 2 is 2.05 bits per heavy atom. The molecule has 21 heavy (non-hydrogen) atoms. The van der Waals surface area contributed by atoms with E-state index in [9.17, 15) is 13.2 Å². The number of nitrogens with one attached hydrogen (secondary N) is 1. The molecule has 2 aliphatic rings. The van der Waals surface area contributed by atoms with Gasteiger partial charge in [-0.15, -0.1) is 0 Å². The van der Waals surface area contributed by atoms with Crippen LogP contribution in [0.5, 0.6) is 0 Å². The van der Waals surface area contributed by atoms with Crippen molar-refractivity contribution in [2.24, 2.45) is 5.92 Å². The van der Waals surface area contributed by atoms with Crippen molar-refractivity contribution in [3.63, 3.8) is 0 Å². The molecule has 1 saturated heterocycles. The van der Waals surface area contributed by atoms with E-state index in [-0.39, 0.29) is 23.3 Å². The van der Waals surface area contributed by atoms with E-state index in [0.29, 0.717) is 18.9 Å². The molecule has 0 unspecified atom stereocenters. The zero-order valence-electron chi connectivity index (χ0n) is 12.0.